The number of carbonyl (C=O) groups excluding carboxylic acids is 1. The molecule has 7 nitrogen and oxygen atoms in total. The number of benzene rings is 2. The van der Waals surface area contributed by atoms with Gasteiger partial charge in [-0.15, -0.1) is 11.8 Å². The first-order valence-corrected chi connectivity index (χ1v) is 11.5. The number of nitrogens with one attached hydrogen (secondary N) is 1. The SMILES string of the molecule is CSc1ccc(NC(=O)O[C@@H](c2cccc(OCCO)c2)[C@H](C)CC/C=C/C(=O)O)cc1. The molecule has 0 aliphatic heterocycles. The molecule has 0 fully saturated rings. The van der Waals surface area contributed by atoms with Gasteiger partial charge in [0.15, 0.2) is 0 Å². The Kier molecular flexibility index (Phi) is 10.6. The molecule has 0 unspecified atom stereocenters. The molecule has 0 heterocycles. The van der Waals surface area contributed by atoms with Gasteiger partial charge in [-0.25, -0.2) is 9.59 Å². The number of carboxylic acid groups (broad SMARTS) is 1. The van der Waals surface area contributed by atoms with Crippen molar-refractivity contribution in [2.75, 3.05) is 24.8 Å². The Morgan fingerprint density at radius 2 is 1.94 bits per heavy atom. The average molecular weight is 460 g/mol. The number of aliphatic hydroxyl groups excluding tert-OH is 1. The molecule has 0 saturated heterocycles. The number of aliphatic carboxylic acids is 1. The quantitative estimate of drug-likeness (QED) is 0.299. The maximum absolute atomic E-state index is 12.6. The second kappa shape index (κ2) is 13.4. The molecule has 0 saturated carbocycles. The monoisotopic (exact) mass is 459 g/mol. The van der Waals surface area contributed by atoms with Gasteiger partial charge in [-0.2, -0.15) is 0 Å². The number of carbonyl (C=O) groups is 2. The van der Waals surface area contributed by atoms with Crippen molar-refractivity contribution in [2.24, 2.45) is 5.92 Å². The van der Waals surface area contributed by atoms with E-state index in [4.69, 9.17) is 19.7 Å². The van der Waals surface area contributed by atoms with E-state index in [9.17, 15) is 9.59 Å². The fraction of sp³-hybridized carbons (Fsp3) is 0.333. The van der Waals surface area contributed by atoms with Gasteiger partial charge in [-0.3, -0.25) is 5.32 Å². The second-order valence-corrected chi connectivity index (χ2v) is 8.00. The molecule has 1 amide bonds. The van der Waals surface area contributed by atoms with E-state index < -0.39 is 18.2 Å². The van der Waals surface area contributed by atoms with Crippen LogP contribution in [0.1, 0.15) is 31.4 Å². The summed E-state index contributed by atoms with van der Waals surface area (Å²) in [6.45, 7) is 2.01. The zero-order valence-corrected chi connectivity index (χ0v) is 19.0. The lowest BCUT2D eigenvalue weighted by molar-refractivity contribution is -0.131. The minimum atomic E-state index is -0.994. The summed E-state index contributed by atoms with van der Waals surface area (Å²) in [5, 5.41) is 20.5. The molecule has 0 aliphatic rings. The van der Waals surface area contributed by atoms with Crippen LogP contribution in [-0.2, 0) is 9.53 Å². The van der Waals surface area contributed by atoms with Crippen LogP contribution in [-0.4, -0.2) is 41.7 Å². The van der Waals surface area contributed by atoms with E-state index in [-0.39, 0.29) is 19.1 Å². The normalized spacial score (nSPS) is 12.8. The smallest absolute Gasteiger partial charge is 0.412 e. The highest BCUT2D eigenvalue weighted by atomic mass is 32.2. The first-order chi connectivity index (χ1) is 15.4. The topological polar surface area (TPSA) is 105 Å². The van der Waals surface area contributed by atoms with E-state index in [1.54, 1.807) is 36.0 Å². The van der Waals surface area contributed by atoms with Gasteiger partial charge in [0.1, 0.15) is 18.5 Å². The summed E-state index contributed by atoms with van der Waals surface area (Å²) in [6.07, 6.45) is 4.67. The molecule has 2 aromatic rings. The largest absolute Gasteiger partial charge is 0.491 e. The van der Waals surface area contributed by atoms with Crippen molar-refractivity contribution in [1.29, 1.82) is 0 Å². The summed E-state index contributed by atoms with van der Waals surface area (Å²) in [4.78, 5) is 24.4. The van der Waals surface area contributed by atoms with Crippen LogP contribution in [0.15, 0.2) is 65.6 Å². The first kappa shape index (κ1) is 25.3. The number of hydrogen-bond donors (Lipinski definition) is 3. The predicted molar refractivity (Wildman–Crippen MR) is 125 cm³/mol. The fourth-order valence-electron chi connectivity index (χ4n) is 3.09. The molecule has 172 valence electrons. The fourth-order valence-corrected chi connectivity index (χ4v) is 3.50. The van der Waals surface area contributed by atoms with Crippen LogP contribution >= 0.6 is 11.8 Å². The highest BCUT2D eigenvalue weighted by molar-refractivity contribution is 7.98. The van der Waals surface area contributed by atoms with Gasteiger partial charge in [0.2, 0.25) is 0 Å². The summed E-state index contributed by atoms with van der Waals surface area (Å²) in [6, 6.07) is 14.6. The molecule has 0 spiro atoms. The van der Waals surface area contributed by atoms with Crippen LogP contribution in [0.25, 0.3) is 0 Å². The number of rotatable bonds is 12. The number of amides is 1. The van der Waals surface area contributed by atoms with E-state index in [1.807, 2.05) is 43.5 Å². The van der Waals surface area contributed by atoms with E-state index in [2.05, 4.69) is 5.32 Å². The number of anilines is 1. The molecule has 8 heteroatoms. The molecule has 2 aromatic carbocycles. The number of carboxylic acids is 1. The van der Waals surface area contributed by atoms with E-state index >= 15 is 0 Å². The average Bonchev–Trinajstić information content (AvgIpc) is 2.79. The molecule has 0 bridgehead atoms. The Labute approximate surface area is 192 Å². The molecular formula is C24H29NO6S. The van der Waals surface area contributed by atoms with Gasteiger partial charge >= 0.3 is 12.1 Å². The molecule has 3 N–H and O–H groups in total. The molecular weight excluding hydrogens is 430 g/mol. The third kappa shape index (κ3) is 8.64. The van der Waals surface area contributed by atoms with Gasteiger partial charge in [0, 0.05) is 16.7 Å². The molecule has 2 rings (SSSR count). The summed E-state index contributed by atoms with van der Waals surface area (Å²) in [5.74, 6) is -0.520. The van der Waals surface area contributed by atoms with Gasteiger partial charge in [-0.05, 0) is 67.0 Å². The Bertz CT molecular complexity index is 900. The van der Waals surface area contributed by atoms with Crippen LogP contribution in [0.5, 0.6) is 5.75 Å². The maximum atomic E-state index is 12.6. The molecule has 0 aromatic heterocycles. The molecule has 2 atom stereocenters. The van der Waals surface area contributed by atoms with Gasteiger partial charge in [-0.1, -0.05) is 25.1 Å². The number of aliphatic hydroxyl groups is 1. The highest BCUT2D eigenvalue weighted by Gasteiger charge is 2.24. The zero-order valence-electron chi connectivity index (χ0n) is 18.2. The summed E-state index contributed by atoms with van der Waals surface area (Å²) >= 11 is 1.61. The van der Waals surface area contributed by atoms with Gasteiger partial charge in [0.05, 0.1) is 6.61 Å². The van der Waals surface area contributed by atoms with Crippen LogP contribution in [0.4, 0.5) is 10.5 Å². The predicted octanol–water partition coefficient (Wildman–Crippen LogP) is 5.13. The van der Waals surface area contributed by atoms with Crippen molar-refractivity contribution >= 4 is 29.5 Å². The minimum Gasteiger partial charge on any atom is -0.491 e. The highest BCUT2D eigenvalue weighted by Crippen LogP contribution is 2.32. The van der Waals surface area contributed by atoms with Crippen molar-refractivity contribution in [3.63, 3.8) is 0 Å². The summed E-state index contributed by atoms with van der Waals surface area (Å²) < 4.78 is 11.3. The van der Waals surface area contributed by atoms with Crippen molar-refractivity contribution < 1.29 is 29.3 Å². The molecule has 0 aliphatic carbocycles. The summed E-state index contributed by atoms with van der Waals surface area (Å²) in [5.41, 5.74) is 1.38. The minimum absolute atomic E-state index is 0.0915. The number of hydrogen-bond acceptors (Lipinski definition) is 6. The Morgan fingerprint density at radius 3 is 2.59 bits per heavy atom. The van der Waals surface area contributed by atoms with E-state index in [0.29, 0.717) is 24.3 Å². The van der Waals surface area contributed by atoms with Crippen molar-refractivity contribution in [3.8, 4) is 5.75 Å². The van der Waals surface area contributed by atoms with E-state index in [1.165, 1.54) is 0 Å². The Hall–Kier alpha value is -2.97. The van der Waals surface area contributed by atoms with Crippen LogP contribution < -0.4 is 10.1 Å². The van der Waals surface area contributed by atoms with Crippen molar-refractivity contribution in [1.82, 2.24) is 0 Å². The number of ether oxygens (including phenoxy) is 2. The Morgan fingerprint density at radius 1 is 1.19 bits per heavy atom. The van der Waals surface area contributed by atoms with Crippen LogP contribution in [0.2, 0.25) is 0 Å². The molecule has 32 heavy (non-hydrogen) atoms. The second-order valence-electron chi connectivity index (χ2n) is 7.12. The van der Waals surface area contributed by atoms with Crippen LogP contribution in [0.3, 0.4) is 0 Å². The molecule has 0 radical (unpaired) electrons. The van der Waals surface area contributed by atoms with E-state index in [0.717, 1.165) is 16.5 Å². The standard InChI is InChI=1S/C24H29NO6S/c1-17(6-3-4-9-22(27)28)23(18-7-5-8-20(16-18)30-15-14-26)31-24(29)25-19-10-12-21(32-2)13-11-19/h4-5,7-13,16-17,23,26H,3,6,14-15H2,1-2H3,(H,25,29)(H,27,28)/b9-4+/t17-,23-/m1/s1. The zero-order chi connectivity index (χ0) is 23.3. The van der Waals surface area contributed by atoms with Gasteiger partial charge in [0.25, 0.3) is 0 Å². The lowest BCUT2D eigenvalue weighted by Crippen LogP contribution is -2.22. The third-order valence-electron chi connectivity index (χ3n) is 4.68. The van der Waals surface area contributed by atoms with Crippen LogP contribution in [0, 0.1) is 5.92 Å². The summed E-state index contributed by atoms with van der Waals surface area (Å²) in [7, 11) is 0. The lowest BCUT2D eigenvalue weighted by atomic mass is 9.93. The van der Waals surface area contributed by atoms with Gasteiger partial charge < -0.3 is 19.7 Å². The number of thioether (sulfide) groups is 1. The Balaban J connectivity index is 2.14. The van der Waals surface area contributed by atoms with Crippen molar-refractivity contribution in [3.05, 3.63) is 66.2 Å². The first-order valence-electron chi connectivity index (χ1n) is 10.3. The lowest BCUT2D eigenvalue weighted by Gasteiger charge is -2.25. The number of allylic oxidation sites excluding steroid dienone is 1. The maximum Gasteiger partial charge on any atom is 0.412 e. The third-order valence-corrected chi connectivity index (χ3v) is 5.43. The van der Waals surface area contributed by atoms with Crippen molar-refractivity contribution in [2.45, 2.75) is 30.8 Å².